The molecule has 1 saturated heterocycles. The summed E-state index contributed by atoms with van der Waals surface area (Å²) in [4.78, 5) is 12.4. The molecule has 0 spiro atoms. The minimum atomic E-state index is -0.896. The van der Waals surface area contributed by atoms with Gasteiger partial charge < -0.3 is 15.3 Å². The molecule has 1 aromatic rings. The molecule has 0 radical (unpaired) electrons. The van der Waals surface area contributed by atoms with Gasteiger partial charge in [0.1, 0.15) is 0 Å². The molecular weight excluding hydrogens is 252 g/mol. The van der Waals surface area contributed by atoms with Crippen molar-refractivity contribution >= 4 is 17.7 Å². The van der Waals surface area contributed by atoms with Crippen molar-refractivity contribution in [1.82, 2.24) is 10.2 Å². The standard InChI is InChI=1S/C13H17ClN2O2/c1-8-3-4-9(5-11(8)14)10-6-15-7-12(10)16(2)13(17)18/h3-5,10,12,15H,6-7H2,1-2H3,(H,17,18)/t10-,12+/m1/s1. The van der Waals surface area contributed by atoms with Crippen LogP contribution in [0.2, 0.25) is 5.02 Å². The molecule has 2 rings (SSSR count). The number of rotatable bonds is 2. The molecule has 2 N–H and O–H groups in total. The summed E-state index contributed by atoms with van der Waals surface area (Å²) in [5.41, 5.74) is 2.13. The topological polar surface area (TPSA) is 52.6 Å². The molecule has 2 atom stereocenters. The van der Waals surface area contributed by atoms with Gasteiger partial charge in [-0.25, -0.2) is 4.79 Å². The van der Waals surface area contributed by atoms with Gasteiger partial charge in [0.15, 0.2) is 0 Å². The van der Waals surface area contributed by atoms with Crippen LogP contribution in [0.3, 0.4) is 0 Å². The highest BCUT2D eigenvalue weighted by atomic mass is 35.5. The molecule has 0 aromatic heterocycles. The molecule has 1 fully saturated rings. The first kappa shape index (κ1) is 13.2. The second-order valence-electron chi connectivity index (χ2n) is 4.73. The van der Waals surface area contributed by atoms with Crippen molar-refractivity contribution in [2.45, 2.75) is 18.9 Å². The zero-order chi connectivity index (χ0) is 13.3. The number of halogens is 1. The van der Waals surface area contributed by atoms with Crippen LogP contribution in [0.5, 0.6) is 0 Å². The SMILES string of the molecule is Cc1ccc([C@H]2CNC[C@@H]2N(C)C(=O)O)cc1Cl. The maximum absolute atomic E-state index is 11.1. The van der Waals surface area contributed by atoms with Crippen molar-refractivity contribution in [1.29, 1.82) is 0 Å². The fourth-order valence-corrected chi connectivity index (χ4v) is 2.58. The van der Waals surface area contributed by atoms with E-state index in [-0.39, 0.29) is 12.0 Å². The smallest absolute Gasteiger partial charge is 0.407 e. The third kappa shape index (κ3) is 2.44. The normalized spacial score (nSPS) is 23.1. The molecular formula is C13H17ClN2O2. The number of benzene rings is 1. The van der Waals surface area contributed by atoms with Crippen molar-refractivity contribution in [2.24, 2.45) is 0 Å². The van der Waals surface area contributed by atoms with Gasteiger partial charge >= 0.3 is 6.09 Å². The highest BCUT2D eigenvalue weighted by Gasteiger charge is 2.33. The molecule has 4 nitrogen and oxygen atoms in total. The Bertz CT molecular complexity index is 464. The van der Waals surface area contributed by atoms with Gasteiger partial charge in [0.25, 0.3) is 0 Å². The Kier molecular flexibility index (Phi) is 3.78. The van der Waals surface area contributed by atoms with E-state index in [2.05, 4.69) is 5.32 Å². The molecule has 1 aliphatic rings. The molecule has 0 bridgehead atoms. The van der Waals surface area contributed by atoms with E-state index in [4.69, 9.17) is 16.7 Å². The van der Waals surface area contributed by atoms with Crippen LogP contribution in [-0.4, -0.2) is 42.3 Å². The lowest BCUT2D eigenvalue weighted by atomic mass is 9.93. The lowest BCUT2D eigenvalue weighted by Gasteiger charge is -2.27. The largest absolute Gasteiger partial charge is 0.465 e. The summed E-state index contributed by atoms with van der Waals surface area (Å²) < 4.78 is 0. The van der Waals surface area contributed by atoms with Gasteiger partial charge in [0, 0.05) is 31.1 Å². The quantitative estimate of drug-likeness (QED) is 0.865. The van der Waals surface area contributed by atoms with Crippen LogP contribution < -0.4 is 5.32 Å². The van der Waals surface area contributed by atoms with Gasteiger partial charge in [-0.3, -0.25) is 0 Å². The van der Waals surface area contributed by atoms with E-state index in [1.165, 1.54) is 4.90 Å². The van der Waals surface area contributed by atoms with Crippen LogP contribution in [-0.2, 0) is 0 Å². The number of likely N-dealkylation sites (N-methyl/N-ethyl adjacent to an activating group) is 1. The van der Waals surface area contributed by atoms with Crippen molar-refractivity contribution in [2.75, 3.05) is 20.1 Å². The fourth-order valence-electron chi connectivity index (χ4n) is 2.39. The average molecular weight is 269 g/mol. The lowest BCUT2D eigenvalue weighted by molar-refractivity contribution is 0.138. The number of nitrogens with zero attached hydrogens (tertiary/aromatic N) is 1. The first-order valence-corrected chi connectivity index (χ1v) is 6.31. The Hall–Kier alpha value is -1.26. The average Bonchev–Trinajstić information content (AvgIpc) is 2.80. The van der Waals surface area contributed by atoms with E-state index in [1.54, 1.807) is 7.05 Å². The van der Waals surface area contributed by atoms with E-state index >= 15 is 0 Å². The van der Waals surface area contributed by atoms with Gasteiger partial charge in [-0.05, 0) is 24.1 Å². The Balaban J connectivity index is 2.25. The van der Waals surface area contributed by atoms with Crippen LogP contribution >= 0.6 is 11.6 Å². The van der Waals surface area contributed by atoms with Crippen LogP contribution in [0.4, 0.5) is 4.79 Å². The highest BCUT2D eigenvalue weighted by molar-refractivity contribution is 6.31. The summed E-state index contributed by atoms with van der Waals surface area (Å²) >= 11 is 6.13. The molecule has 0 unspecified atom stereocenters. The lowest BCUT2D eigenvalue weighted by Crippen LogP contribution is -2.40. The van der Waals surface area contributed by atoms with E-state index in [1.807, 2.05) is 25.1 Å². The van der Waals surface area contributed by atoms with Crippen LogP contribution in [0.1, 0.15) is 17.0 Å². The van der Waals surface area contributed by atoms with E-state index in [0.717, 1.165) is 22.7 Å². The molecule has 1 heterocycles. The second-order valence-corrected chi connectivity index (χ2v) is 5.14. The molecule has 1 aliphatic heterocycles. The number of amides is 1. The molecule has 18 heavy (non-hydrogen) atoms. The zero-order valence-corrected chi connectivity index (χ0v) is 11.2. The van der Waals surface area contributed by atoms with Crippen LogP contribution in [0, 0.1) is 6.92 Å². The number of aryl methyl sites for hydroxylation is 1. The Labute approximate surface area is 112 Å². The van der Waals surface area contributed by atoms with E-state index < -0.39 is 6.09 Å². The van der Waals surface area contributed by atoms with Gasteiger partial charge in [-0.2, -0.15) is 0 Å². The first-order valence-electron chi connectivity index (χ1n) is 5.93. The van der Waals surface area contributed by atoms with Crippen molar-refractivity contribution in [3.05, 3.63) is 34.3 Å². The maximum atomic E-state index is 11.1. The summed E-state index contributed by atoms with van der Waals surface area (Å²) in [6.45, 7) is 3.42. The predicted octanol–water partition coefficient (Wildman–Crippen LogP) is 2.31. The Morgan fingerprint density at radius 3 is 2.83 bits per heavy atom. The van der Waals surface area contributed by atoms with Crippen molar-refractivity contribution in [3.63, 3.8) is 0 Å². The first-order chi connectivity index (χ1) is 8.50. The fraction of sp³-hybridized carbons (Fsp3) is 0.462. The number of carbonyl (C=O) groups is 1. The van der Waals surface area contributed by atoms with Gasteiger partial charge in [-0.1, -0.05) is 23.7 Å². The van der Waals surface area contributed by atoms with E-state index in [0.29, 0.717) is 6.54 Å². The minimum absolute atomic E-state index is 0.0405. The summed E-state index contributed by atoms with van der Waals surface area (Å²) in [5.74, 6) is 0.157. The molecule has 1 aromatic carbocycles. The van der Waals surface area contributed by atoms with Gasteiger partial charge in [0.2, 0.25) is 0 Å². The Morgan fingerprint density at radius 1 is 1.50 bits per heavy atom. The van der Waals surface area contributed by atoms with Crippen LogP contribution in [0.15, 0.2) is 18.2 Å². The minimum Gasteiger partial charge on any atom is -0.465 e. The van der Waals surface area contributed by atoms with Gasteiger partial charge in [-0.15, -0.1) is 0 Å². The highest BCUT2D eigenvalue weighted by Crippen LogP contribution is 2.29. The third-order valence-electron chi connectivity index (χ3n) is 3.61. The van der Waals surface area contributed by atoms with Crippen molar-refractivity contribution in [3.8, 4) is 0 Å². The molecule has 98 valence electrons. The van der Waals surface area contributed by atoms with Crippen LogP contribution in [0.25, 0.3) is 0 Å². The predicted molar refractivity (Wildman–Crippen MR) is 71.4 cm³/mol. The summed E-state index contributed by atoms with van der Waals surface area (Å²) in [6.07, 6.45) is -0.896. The number of carboxylic acid groups (broad SMARTS) is 1. The third-order valence-corrected chi connectivity index (χ3v) is 4.01. The second kappa shape index (κ2) is 5.16. The summed E-state index contributed by atoms with van der Waals surface area (Å²) in [6, 6.07) is 5.91. The molecule has 5 heteroatoms. The number of hydrogen-bond acceptors (Lipinski definition) is 2. The molecule has 1 amide bonds. The molecule has 0 aliphatic carbocycles. The monoisotopic (exact) mass is 268 g/mol. The Morgan fingerprint density at radius 2 is 2.22 bits per heavy atom. The summed E-state index contributed by atoms with van der Waals surface area (Å²) in [7, 11) is 1.61. The molecule has 0 saturated carbocycles. The number of hydrogen-bond donors (Lipinski definition) is 2. The van der Waals surface area contributed by atoms with Crippen molar-refractivity contribution < 1.29 is 9.90 Å². The van der Waals surface area contributed by atoms with Gasteiger partial charge in [0.05, 0.1) is 6.04 Å². The zero-order valence-electron chi connectivity index (χ0n) is 10.5. The summed E-state index contributed by atoms with van der Waals surface area (Å²) in [5, 5.41) is 13.1. The van der Waals surface area contributed by atoms with E-state index in [9.17, 15) is 4.79 Å². The number of nitrogens with one attached hydrogen (secondary N) is 1. The maximum Gasteiger partial charge on any atom is 0.407 e.